The molecule has 0 radical (unpaired) electrons. The molecule has 10 rings (SSSR count). The molecular weight excluding hydrogens is 1710 g/mol. The Morgan fingerprint density at radius 1 is 0.208 bits per heavy atom. The molecule has 25 heteroatoms. The van der Waals surface area contributed by atoms with Gasteiger partial charge >= 0.3 is 29.8 Å². The van der Waals surface area contributed by atoms with Crippen LogP contribution in [0.4, 0.5) is 45.5 Å². The van der Waals surface area contributed by atoms with E-state index in [1.165, 1.54) is 249 Å². The predicted octanol–water partition coefficient (Wildman–Crippen LogP) is 30.0. The first-order valence-electron chi connectivity index (χ1n) is 42.0. The third kappa shape index (κ3) is 44.5. The molecule has 0 amide bonds. The molecule has 125 heavy (non-hydrogen) atoms. The number of hydrogen-bond acceptors (Lipinski definition) is 15. The van der Waals surface area contributed by atoms with E-state index in [-0.39, 0.29) is 76.7 Å². The van der Waals surface area contributed by atoms with E-state index >= 15 is 0 Å². The molecular formula is C100H120F10O10S5. The Balaban J connectivity index is 0.000000774. The molecule has 0 aliphatic heterocycles. The summed E-state index contributed by atoms with van der Waals surface area (Å²) in [6.45, 7) is 11.0. The van der Waals surface area contributed by atoms with E-state index < -0.39 is 58.9 Å². The average molecular weight is 1830 g/mol. The number of aryl methyl sites for hydroxylation is 5. The third-order valence-electron chi connectivity index (χ3n) is 19.4. The van der Waals surface area contributed by atoms with Gasteiger partial charge in [-0.15, -0.1) is 63.1 Å². The van der Waals surface area contributed by atoms with Gasteiger partial charge in [-0.2, -0.15) is 0 Å². The summed E-state index contributed by atoms with van der Waals surface area (Å²) in [6, 6.07) is 57.8. The molecule has 680 valence electrons. The zero-order valence-electron chi connectivity index (χ0n) is 71.7. The molecule has 0 atom stereocenters. The van der Waals surface area contributed by atoms with Crippen molar-refractivity contribution in [2.45, 2.75) is 252 Å². The lowest BCUT2D eigenvalue weighted by atomic mass is 10.0. The van der Waals surface area contributed by atoms with Crippen molar-refractivity contribution < 1.29 is 93.1 Å². The van der Waals surface area contributed by atoms with Gasteiger partial charge in [-0.25, -0.2) is 45.9 Å². The SMILES string of the molecule is CCCCCCCc1ccc(C(=O)Oc2ccc(S)c(F)c2)cc1.CCCCCCCc1ccc(C(=O)Oc2ccc(S)c(F)c2)cc1.CCCCCCCc1ccc(C(=O)Oc2ccc(S)c(F)c2)cc1.CCCCCCCc1ccc(C(=O)Oc2ccc(S)c(F)c2)cc1.CCCCCCCc1ccc(C(=O)Oc2ccc(S)c(F)c2)cc1.F.F.F.F.F. The summed E-state index contributed by atoms with van der Waals surface area (Å²) in [7, 11) is 0. The summed E-state index contributed by atoms with van der Waals surface area (Å²) >= 11 is 19.7. The normalized spacial score (nSPS) is 10.2. The minimum atomic E-state index is -0.512. The maximum atomic E-state index is 13.4. The summed E-state index contributed by atoms with van der Waals surface area (Å²) in [5.74, 6) is -4.13. The first-order chi connectivity index (χ1) is 58.0. The first kappa shape index (κ1) is 114. The number of esters is 5. The Hall–Kier alpha value is -9.40. The van der Waals surface area contributed by atoms with Crippen molar-refractivity contribution in [1.29, 1.82) is 0 Å². The van der Waals surface area contributed by atoms with Crippen LogP contribution in [0.15, 0.2) is 237 Å². The van der Waals surface area contributed by atoms with Crippen molar-refractivity contribution in [3.05, 3.63) is 297 Å². The molecule has 0 spiro atoms. The second-order valence-corrected chi connectivity index (χ2v) is 31.7. The highest BCUT2D eigenvalue weighted by Gasteiger charge is 2.17. The molecule has 0 aliphatic rings. The van der Waals surface area contributed by atoms with Gasteiger partial charge in [-0.05, 0) is 213 Å². The van der Waals surface area contributed by atoms with Crippen LogP contribution in [0.3, 0.4) is 0 Å². The number of ether oxygens (including phenoxy) is 5. The Labute approximate surface area is 758 Å². The number of unbranched alkanes of at least 4 members (excludes halogenated alkanes) is 20. The smallest absolute Gasteiger partial charge is 0.343 e. The van der Waals surface area contributed by atoms with E-state index in [0.717, 1.165) is 62.4 Å². The highest BCUT2D eigenvalue weighted by atomic mass is 32.1. The largest absolute Gasteiger partial charge is 0.423 e. The zero-order chi connectivity index (χ0) is 86.8. The van der Waals surface area contributed by atoms with Crippen LogP contribution in [-0.4, -0.2) is 29.8 Å². The van der Waals surface area contributed by atoms with Gasteiger partial charge < -0.3 is 23.7 Å². The molecule has 0 aromatic heterocycles. The predicted molar refractivity (Wildman–Crippen MR) is 500 cm³/mol. The van der Waals surface area contributed by atoms with Gasteiger partial charge in [-0.1, -0.05) is 224 Å². The standard InChI is InChI=1S/5C20H23FO2S.5FH/c5*1-2-3-4-5-6-7-15-8-10-16(11-9-15)20(22)23-17-12-13-19(24)18(21)14-17;;;;;/h5*8-14,24H,2-7H2,1H3;5*1H. The molecule has 0 heterocycles. The fourth-order valence-corrected chi connectivity index (χ4v) is 13.0. The monoisotopic (exact) mass is 1830 g/mol. The van der Waals surface area contributed by atoms with Crippen LogP contribution in [0, 0.1) is 29.1 Å². The number of benzene rings is 10. The second-order valence-electron chi connectivity index (χ2n) is 29.3. The van der Waals surface area contributed by atoms with Gasteiger partial charge in [0.15, 0.2) is 0 Å². The molecule has 0 unspecified atom stereocenters. The number of rotatable bonds is 40. The van der Waals surface area contributed by atoms with Crippen molar-refractivity contribution in [3.63, 3.8) is 0 Å². The number of halogens is 10. The highest BCUT2D eigenvalue weighted by Crippen LogP contribution is 2.28. The van der Waals surface area contributed by atoms with Crippen molar-refractivity contribution in [2.24, 2.45) is 0 Å². The fraction of sp³-hybridized carbons (Fsp3) is 0.350. The van der Waals surface area contributed by atoms with E-state index in [2.05, 4.69) is 97.8 Å². The quantitative estimate of drug-likeness (QED) is 0.00832. The van der Waals surface area contributed by atoms with E-state index in [9.17, 15) is 45.9 Å². The summed E-state index contributed by atoms with van der Waals surface area (Å²) in [4.78, 5) is 61.6. The lowest BCUT2D eigenvalue weighted by molar-refractivity contribution is 0.0724. The summed E-state index contributed by atoms with van der Waals surface area (Å²) in [5.41, 5.74) is 8.37. The van der Waals surface area contributed by atoms with Crippen molar-refractivity contribution >= 4 is 93.0 Å². The van der Waals surface area contributed by atoms with E-state index in [4.69, 9.17) is 23.7 Å². The summed E-state index contributed by atoms with van der Waals surface area (Å²) < 4.78 is 93.0. The Bertz CT molecular complexity index is 4050. The highest BCUT2D eigenvalue weighted by molar-refractivity contribution is 7.81. The van der Waals surface area contributed by atoms with Gasteiger partial charge in [0.05, 0.1) is 27.8 Å². The number of hydrogen-bond donors (Lipinski definition) is 5. The second kappa shape index (κ2) is 65.2. The van der Waals surface area contributed by atoms with Gasteiger partial charge in [-0.3, -0.25) is 23.5 Å². The number of thiol groups is 5. The maximum absolute atomic E-state index is 13.4. The van der Waals surface area contributed by atoms with Crippen molar-refractivity contribution in [2.75, 3.05) is 0 Å². The lowest BCUT2D eigenvalue weighted by Gasteiger charge is -2.06. The van der Waals surface area contributed by atoms with Crippen LogP contribution in [0.25, 0.3) is 0 Å². The van der Waals surface area contributed by atoms with Gasteiger partial charge in [0.1, 0.15) is 57.8 Å². The molecule has 0 bridgehead atoms. The van der Waals surface area contributed by atoms with Crippen LogP contribution in [0.2, 0.25) is 0 Å². The molecule has 10 nitrogen and oxygen atoms in total. The molecule has 0 aliphatic carbocycles. The zero-order valence-corrected chi connectivity index (χ0v) is 76.1. The summed E-state index contributed by atoms with van der Waals surface area (Å²) in [5, 5.41) is 0. The van der Waals surface area contributed by atoms with Crippen LogP contribution in [0.1, 0.15) is 275 Å². The van der Waals surface area contributed by atoms with Crippen molar-refractivity contribution in [1.82, 2.24) is 0 Å². The average Bonchev–Trinajstić information content (AvgIpc) is 0.872. The van der Waals surface area contributed by atoms with E-state index in [1.807, 2.05) is 60.7 Å². The lowest BCUT2D eigenvalue weighted by Crippen LogP contribution is -2.08. The summed E-state index contributed by atoms with van der Waals surface area (Å²) in [6.07, 6.45) is 36.2. The number of carbonyl (C=O) groups is 5. The Morgan fingerprint density at radius 3 is 0.472 bits per heavy atom. The van der Waals surface area contributed by atoms with Crippen LogP contribution in [-0.2, 0) is 32.1 Å². The Morgan fingerprint density at radius 2 is 0.344 bits per heavy atom. The molecule has 10 aromatic rings. The molecule has 0 fully saturated rings. The maximum Gasteiger partial charge on any atom is 0.343 e. The van der Waals surface area contributed by atoms with E-state index in [0.29, 0.717) is 27.8 Å². The first-order valence-corrected chi connectivity index (χ1v) is 44.2. The van der Waals surface area contributed by atoms with Gasteiger partial charge in [0.25, 0.3) is 0 Å². The minimum absolute atomic E-state index is 0. The molecule has 0 saturated carbocycles. The van der Waals surface area contributed by atoms with Crippen molar-refractivity contribution in [3.8, 4) is 28.7 Å². The minimum Gasteiger partial charge on any atom is -0.423 e. The van der Waals surface area contributed by atoms with Gasteiger partial charge in [0, 0.05) is 54.8 Å². The van der Waals surface area contributed by atoms with E-state index in [1.54, 1.807) is 60.7 Å². The van der Waals surface area contributed by atoms with Crippen LogP contribution < -0.4 is 23.7 Å². The van der Waals surface area contributed by atoms with Gasteiger partial charge in [0.2, 0.25) is 0 Å². The Kier molecular flexibility index (Phi) is 59.3. The fourth-order valence-electron chi connectivity index (χ4n) is 12.3. The van der Waals surface area contributed by atoms with Crippen LogP contribution >= 0.6 is 63.1 Å². The topological polar surface area (TPSA) is 132 Å². The van der Waals surface area contributed by atoms with Crippen LogP contribution in [0.5, 0.6) is 28.7 Å². The molecule has 0 saturated heterocycles. The third-order valence-corrected chi connectivity index (χ3v) is 21.3. The molecule has 10 aromatic carbocycles. The molecule has 0 N–H and O–H groups in total. The number of carbonyl (C=O) groups excluding carboxylic acids is 5.